The molecule has 3 unspecified atom stereocenters. The number of nitrogens with one attached hydrogen (secondary N) is 3. The van der Waals surface area contributed by atoms with E-state index in [-0.39, 0.29) is 143 Å². The van der Waals surface area contributed by atoms with E-state index in [1.165, 1.54) is 0 Å². The SMILES string of the molecule is C=CCCn1c(=O)n(CC2CO2)c(=O)n(CC2CO2)c1=O.ClCC1CO1.O=CO[O-].O=c1[nH]c(=O)[nH]c(=O)[nH]1.[CH+]=CCCBr.[H-].[K+].[K+]. The number of aromatic nitrogens is 6. The van der Waals surface area contributed by atoms with Gasteiger partial charge in [-0.25, -0.2) is 42.5 Å². The Bertz CT molecular complexity index is 1420. The molecule has 18 nitrogen and oxygen atoms in total. The molecule has 246 valence electrons. The van der Waals surface area contributed by atoms with Gasteiger partial charge in [0, 0.05) is 18.3 Å². The van der Waals surface area contributed by atoms with Gasteiger partial charge in [-0.05, 0) is 6.42 Å². The number of alkyl halides is 2. The molecule has 0 aliphatic carbocycles. The third-order valence-corrected chi connectivity index (χ3v) is 5.89. The van der Waals surface area contributed by atoms with Crippen molar-refractivity contribution in [3.05, 3.63) is 88.2 Å². The number of rotatable bonds is 11. The van der Waals surface area contributed by atoms with Crippen LogP contribution in [0.2, 0.25) is 0 Å². The first-order valence-electron chi connectivity index (χ1n) is 12.8. The third-order valence-electron chi connectivity index (χ3n) is 5.09. The van der Waals surface area contributed by atoms with Gasteiger partial charge < -0.3 is 25.8 Å². The Morgan fingerprint density at radius 2 is 1.24 bits per heavy atom. The van der Waals surface area contributed by atoms with Crippen LogP contribution in [-0.4, -0.2) is 84.5 Å². The minimum atomic E-state index is -0.802. The Morgan fingerprint density at radius 3 is 1.46 bits per heavy atom. The van der Waals surface area contributed by atoms with E-state index in [0.29, 0.717) is 31.6 Å². The smallest absolute Gasteiger partial charge is 1.00 e. The molecule has 0 amide bonds. The fourth-order valence-corrected chi connectivity index (χ4v) is 3.23. The van der Waals surface area contributed by atoms with Crippen molar-refractivity contribution in [1.82, 2.24) is 28.7 Å². The third kappa shape index (κ3) is 20.8. The summed E-state index contributed by atoms with van der Waals surface area (Å²) >= 11 is 8.47. The molecular formula is C24H33BrClK2N6O12+. The molecule has 3 aliphatic heterocycles. The van der Waals surface area contributed by atoms with E-state index in [0.717, 1.165) is 32.1 Å². The molecule has 3 fully saturated rings. The van der Waals surface area contributed by atoms with E-state index in [4.69, 9.17) is 42.4 Å². The number of carbonyl (C=O) groups excluding carboxylic acids is 1. The molecular weight excluding hydrogens is 758 g/mol. The van der Waals surface area contributed by atoms with Gasteiger partial charge >= 0.3 is 137 Å². The number of allylic oxidation sites excluding steroid dienone is 2. The number of epoxide rings is 3. The van der Waals surface area contributed by atoms with Crippen molar-refractivity contribution in [2.24, 2.45) is 0 Å². The summed E-state index contributed by atoms with van der Waals surface area (Å²) in [6.07, 6.45) is 4.86. The molecule has 3 N–H and O–H groups in total. The second-order valence-electron chi connectivity index (χ2n) is 8.59. The predicted octanol–water partition coefficient (Wildman–Crippen LogP) is -8.76. The second-order valence-corrected chi connectivity index (χ2v) is 9.69. The average molecular weight is 791 g/mol. The summed E-state index contributed by atoms with van der Waals surface area (Å²) in [4.78, 5) is 84.2. The molecule has 3 atom stereocenters. The van der Waals surface area contributed by atoms with Crippen molar-refractivity contribution in [1.29, 1.82) is 0 Å². The summed E-state index contributed by atoms with van der Waals surface area (Å²) in [6.45, 7) is 10.9. The number of H-pyrrole nitrogens is 3. The number of aromatic amines is 3. The number of halogens is 2. The van der Waals surface area contributed by atoms with Gasteiger partial charge in [0.25, 0.3) is 6.47 Å². The normalized spacial score (nSPS) is 17.3. The molecule has 0 saturated carbocycles. The van der Waals surface area contributed by atoms with Crippen LogP contribution in [0.5, 0.6) is 0 Å². The van der Waals surface area contributed by atoms with Crippen molar-refractivity contribution in [3.8, 4) is 0 Å². The van der Waals surface area contributed by atoms with Crippen molar-refractivity contribution < 1.29 is 133 Å². The molecule has 5 heterocycles. The fraction of sp³-hybridized carbons (Fsp3) is 0.542. The Balaban J connectivity index is -0.000000618. The molecule has 2 aromatic heterocycles. The molecule has 0 bridgehead atoms. The largest absolute Gasteiger partial charge is 1.00 e. The van der Waals surface area contributed by atoms with Crippen LogP contribution < -0.4 is 142 Å². The summed E-state index contributed by atoms with van der Waals surface area (Å²) in [5, 5.41) is 9.41. The van der Waals surface area contributed by atoms with E-state index in [9.17, 15) is 28.8 Å². The zero-order valence-electron chi connectivity index (χ0n) is 26.3. The van der Waals surface area contributed by atoms with Gasteiger partial charge in [0.2, 0.25) is 6.58 Å². The van der Waals surface area contributed by atoms with Crippen LogP contribution in [0.15, 0.2) is 47.5 Å². The monoisotopic (exact) mass is 789 g/mol. The maximum absolute atomic E-state index is 12.3. The Morgan fingerprint density at radius 1 is 0.870 bits per heavy atom. The Kier molecular flexibility index (Phi) is 28.4. The number of hydrogen-bond acceptors (Lipinski definition) is 12. The first kappa shape index (κ1) is 47.7. The van der Waals surface area contributed by atoms with Crippen LogP contribution in [0, 0.1) is 6.58 Å². The van der Waals surface area contributed by atoms with Crippen molar-refractivity contribution in [3.63, 3.8) is 0 Å². The van der Waals surface area contributed by atoms with Crippen LogP contribution in [-0.2, 0) is 43.5 Å². The number of carbonyl (C=O) groups is 1. The van der Waals surface area contributed by atoms with Gasteiger partial charge in [-0.1, -0.05) is 22.0 Å². The molecule has 0 aromatic carbocycles. The molecule has 3 saturated heterocycles. The van der Waals surface area contributed by atoms with Crippen molar-refractivity contribution >= 4 is 34.0 Å². The number of ether oxygens (including phenoxy) is 3. The van der Waals surface area contributed by atoms with Crippen LogP contribution in [0.25, 0.3) is 0 Å². The molecule has 22 heteroatoms. The van der Waals surface area contributed by atoms with Crippen LogP contribution >= 0.6 is 27.5 Å². The predicted molar refractivity (Wildman–Crippen MR) is 158 cm³/mol. The van der Waals surface area contributed by atoms with Gasteiger partial charge in [-0.3, -0.25) is 19.7 Å². The van der Waals surface area contributed by atoms with Crippen molar-refractivity contribution in [2.45, 2.75) is 50.8 Å². The maximum atomic E-state index is 12.3. The van der Waals surface area contributed by atoms with E-state index in [2.05, 4.69) is 27.4 Å². The van der Waals surface area contributed by atoms with E-state index in [1.807, 2.05) is 0 Å². The van der Waals surface area contributed by atoms with Crippen LogP contribution in [0.3, 0.4) is 0 Å². The Hall–Kier alpha value is -0.437. The number of hydrogen-bond donors (Lipinski definition) is 3. The minimum absolute atomic E-state index is 0. The number of nitrogens with zero attached hydrogens (tertiary/aromatic N) is 3. The van der Waals surface area contributed by atoms with Crippen molar-refractivity contribution in [2.75, 3.05) is 31.0 Å². The van der Waals surface area contributed by atoms with Crippen LogP contribution in [0.1, 0.15) is 14.3 Å². The van der Waals surface area contributed by atoms with Gasteiger partial charge in [-0.15, -0.1) is 18.2 Å². The first-order valence-corrected chi connectivity index (χ1v) is 14.4. The summed E-state index contributed by atoms with van der Waals surface area (Å²) in [7, 11) is 0. The minimum Gasteiger partial charge on any atom is -1.00 e. The Labute approximate surface area is 360 Å². The zero-order valence-corrected chi connectivity index (χ0v) is 33.9. The van der Waals surface area contributed by atoms with Gasteiger partial charge in [0.1, 0.15) is 0 Å². The summed E-state index contributed by atoms with van der Waals surface area (Å²) in [5.74, 6) is 0.667. The van der Waals surface area contributed by atoms with E-state index in [1.54, 1.807) is 27.1 Å². The van der Waals surface area contributed by atoms with E-state index >= 15 is 0 Å². The summed E-state index contributed by atoms with van der Waals surface area (Å²) in [5.41, 5.74) is -4.17. The standard InChI is InChI=1S/C13H17N3O5.C4H6Br.C3H5ClO.C3H3N3O3.CH2O3.2K.H/c1-2-3-4-14-11(17)15(5-9-7-20-9)13(19)16(12(14)18)6-10-8-21-10;1-2-3-4-5;4-1-3-2-5-3;7-1-4-2(8)6-3(9)5-1;2-1-4-3;;;/h2,9-10H,1,3-8H2;1-2H,3-4H2;3H,1-2H2;(H3,4,5,6,7,8,9);1,3H;;;/q;+1;;;;2*+1;-1/p-1. The summed E-state index contributed by atoms with van der Waals surface area (Å²) in [6, 6.07) is 0. The second kappa shape index (κ2) is 27.4. The van der Waals surface area contributed by atoms with E-state index < -0.39 is 34.1 Å². The molecule has 0 spiro atoms. The molecule has 2 aromatic rings. The fourth-order valence-electron chi connectivity index (χ4n) is 2.78. The maximum Gasteiger partial charge on any atom is 1.00 e. The van der Waals surface area contributed by atoms with Crippen LogP contribution in [0.4, 0.5) is 0 Å². The zero-order chi connectivity index (χ0) is 33.1. The first-order chi connectivity index (χ1) is 21.1. The summed E-state index contributed by atoms with van der Waals surface area (Å²) < 4.78 is 18.1. The molecule has 5 rings (SSSR count). The quantitative estimate of drug-likeness (QED) is 0.0281. The molecule has 3 aliphatic rings. The molecule has 0 radical (unpaired) electrons. The van der Waals surface area contributed by atoms with Gasteiger partial charge in [0.05, 0.1) is 57.1 Å². The van der Waals surface area contributed by atoms with Gasteiger partial charge in [-0.2, -0.15) is 0 Å². The average Bonchev–Trinajstić information content (AvgIpc) is 3.83. The van der Waals surface area contributed by atoms with Gasteiger partial charge in [0.15, 0.2) is 6.08 Å². The molecule has 46 heavy (non-hydrogen) atoms. The topological polar surface area (TPSA) is 252 Å².